The van der Waals surface area contributed by atoms with Crippen molar-refractivity contribution in [2.24, 2.45) is 0 Å². The summed E-state index contributed by atoms with van der Waals surface area (Å²) in [4.78, 5) is 14.8. The lowest BCUT2D eigenvalue weighted by atomic mass is 10.0. The van der Waals surface area contributed by atoms with E-state index >= 15 is 0 Å². The lowest BCUT2D eigenvalue weighted by Gasteiger charge is -2.26. The van der Waals surface area contributed by atoms with Gasteiger partial charge in [0, 0.05) is 17.7 Å². The third kappa shape index (κ3) is 3.02. The maximum atomic E-state index is 12.8. The van der Waals surface area contributed by atoms with Crippen molar-refractivity contribution in [2.75, 3.05) is 20.8 Å². The van der Waals surface area contributed by atoms with Crippen LogP contribution in [0.15, 0.2) is 48.5 Å². The average molecular weight is 311 g/mol. The Morgan fingerprint density at radius 2 is 1.87 bits per heavy atom. The van der Waals surface area contributed by atoms with Gasteiger partial charge in [-0.1, -0.05) is 18.2 Å². The number of hydrogen-bond donors (Lipinski definition) is 0. The van der Waals surface area contributed by atoms with E-state index in [1.54, 1.807) is 14.2 Å². The largest absolute Gasteiger partial charge is 0.497 e. The molecule has 1 atom stereocenters. The first-order valence-electron chi connectivity index (χ1n) is 7.82. The van der Waals surface area contributed by atoms with E-state index in [1.165, 1.54) is 0 Å². The van der Waals surface area contributed by atoms with Crippen LogP contribution in [0.3, 0.4) is 0 Å². The third-order valence-corrected chi connectivity index (χ3v) is 4.33. The SMILES string of the molecule is COc1ccc(OC)c([C@@H]2CCCN2C(=O)c2ccccc2)c1. The highest BCUT2D eigenvalue weighted by Gasteiger charge is 2.32. The van der Waals surface area contributed by atoms with Gasteiger partial charge in [0.15, 0.2) is 0 Å². The minimum atomic E-state index is 0.0211. The van der Waals surface area contributed by atoms with Crippen molar-refractivity contribution in [2.45, 2.75) is 18.9 Å². The fourth-order valence-corrected chi connectivity index (χ4v) is 3.18. The summed E-state index contributed by atoms with van der Waals surface area (Å²) < 4.78 is 10.8. The van der Waals surface area contributed by atoms with Crippen molar-refractivity contribution in [3.05, 3.63) is 59.7 Å². The molecular weight excluding hydrogens is 290 g/mol. The first-order valence-corrected chi connectivity index (χ1v) is 7.82. The molecule has 1 fully saturated rings. The number of nitrogens with zero attached hydrogens (tertiary/aromatic N) is 1. The van der Waals surface area contributed by atoms with E-state index in [4.69, 9.17) is 9.47 Å². The average Bonchev–Trinajstić information content (AvgIpc) is 3.10. The lowest BCUT2D eigenvalue weighted by molar-refractivity contribution is 0.0734. The maximum absolute atomic E-state index is 12.8. The summed E-state index contributed by atoms with van der Waals surface area (Å²) >= 11 is 0. The molecule has 1 aliphatic heterocycles. The van der Waals surface area contributed by atoms with Gasteiger partial charge in [0.25, 0.3) is 5.91 Å². The van der Waals surface area contributed by atoms with E-state index < -0.39 is 0 Å². The number of carbonyl (C=O) groups excluding carboxylic acids is 1. The van der Waals surface area contributed by atoms with Crippen LogP contribution < -0.4 is 9.47 Å². The molecule has 1 aliphatic rings. The minimum Gasteiger partial charge on any atom is -0.497 e. The molecule has 0 unspecified atom stereocenters. The van der Waals surface area contributed by atoms with E-state index in [9.17, 15) is 4.79 Å². The van der Waals surface area contributed by atoms with Gasteiger partial charge in [0.1, 0.15) is 11.5 Å². The molecule has 2 aromatic carbocycles. The second kappa shape index (κ2) is 6.73. The van der Waals surface area contributed by atoms with Crippen LogP contribution in [-0.4, -0.2) is 31.6 Å². The van der Waals surface area contributed by atoms with Gasteiger partial charge in [-0.05, 0) is 43.2 Å². The van der Waals surface area contributed by atoms with Crippen molar-refractivity contribution in [3.63, 3.8) is 0 Å². The molecule has 1 saturated heterocycles. The molecule has 0 radical (unpaired) electrons. The smallest absolute Gasteiger partial charge is 0.254 e. The number of likely N-dealkylation sites (tertiary alicyclic amines) is 1. The van der Waals surface area contributed by atoms with E-state index in [-0.39, 0.29) is 11.9 Å². The van der Waals surface area contributed by atoms with Gasteiger partial charge in [-0.25, -0.2) is 0 Å². The maximum Gasteiger partial charge on any atom is 0.254 e. The number of carbonyl (C=O) groups is 1. The summed E-state index contributed by atoms with van der Waals surface area (Å²) in [5.74, 6) is 1.64. The molecule has 23 heavy (non-hydrogen) atoms. The Hall–Kier alpha value is -2.49. The van der Waals surface area contributed by atoms with Gasteiger partial charge >= 0.3 is 0 Å². The molecule has 0 aromatic heterocycles. The predicted molar refractivity (Wildman–Crippen MR) is 89.0 cm³/mol. The summed E-state index contributed by atoms with van der Waals surface area (Å²) in [6, 6.07) is 15.2. The topological polar surface area (TPSA) is 38.8 Å². The van der Waals surface area contributed by atoms with Crippen LogP contribution in [0.1, 0.15) is 34.8 Å². The third-order valence-electron chi connectivity index (χ3n) is 4.33. The fourth-order valence-electron chi connectivity index (χ4n) is 3.18. The van der Waals surface area contributed by atoms with Gasteiger partial charge < -0.3 is 14.4 Å². The zero-order chi connectivity index (χ0) is 16.2. The zero-order valence-electron chi connectivity index (χ0n) is 13.5. The number of ether oxygens (including phenoxy) is 2. The van der Waals surface area contributed by atoms with Crippen LogP contribution in [0.25, 0.3) is 0 Å². The molecule has 0 saturated carbocycles. The molecule has 0 bridgehead atoms. The lowest BCUT2D eigenvalue weighted by Crippen LogP contribution is -2.30. The van der Waals surface area contributed by atoms with Crippen LogP contribution in [0.4, 0.5) is 0 Å². The fraction of sp³-hybridized carbons (Fsp3) is 0.316. The van der Waals surface area contributed by atoms with Gasteiger partial charge in [-0.15, -0.1) is 0 Å². The number of amides is 1. The van der Waals surface area contributed by atoms with Crippen molar-refractivity contribution < 1.29 is 14.3 Å². The summed E-state index contributed by atoms with van der Waals surface area (Å²) in [5.41, 5.74) is 1.73. The van der Waals surface area contributed by atoms with E-state index in [0.29, 0.717) is 0 Å². The molecule has 3 rings (SSSR count). The number of rotatable bonds is 4. The Balaban J connectivity index is 1.94. The highest BCUT2D eigenvalue weighted by Crippen LogP contribution is 2.39. The first kappa shape index (κ1) is 15.4. The molecular formula is C19H21NO3. The van der Waals surface area contributed by atoms with E-state index in [2.05, 4.69) is 0 Å². The second-order valence-electron chi connectivity index (χ2n) is 5.63. The molecule has 120 valence electrons. The molecule has 1 amide bonds. The molecule has 1 heterocycles. The Kier molecular flexibility index (Phi) is 4.51. The van der Waals surface area contributed by atoms with E-state index in [1.807, 2.05) is 53.4 Å². The Morgan fingerprint density at radius 1 is 1.09 bits per heavy atom. The van der Waals surface area contributed by atoms with Crippen LogP contribution in [0.2, 0.25) is 0 Å². The Labute approximate surface area is 136 Å². The quantitative estimate of drug-likeness (QED) is 0.864. The van der Waals surface area contributed by atoms with Crippen LogP contribution in [-0.2, 0) is 0 Å². The normalized spacial score (nSPS) is 17.1. The molecule has 0 N–H and O–H groups in total. The van der Waals surface area contributed by atoms with Gasteiger partial charge in [-0.2, -0.15) is 0 Å². The van der Waals surface area contributed by atoms with Crippen molar-refractivity contribution in [1.82, 2.24) is 4.90 Å². The second-order valence-corrected chi connectivity index (χ2v) is 5.63. The van der Waals surface area contributed by atoms with Gasteiger partial charge in [0.2, 0.25) is 0 Å². The number of hydrogen-bond acceptors (Lipinski definition) is 3. The molecule has 2 aromatic rings. The predicted octanol–water partition coefficient (Wildman–Crippen LogP) is 3.68. The van der Waals surface area contributed by atoms with Crippen molar-refractivity contribution in [3.8, 4) is 11.5 Å². The highest BCUT2D eigenvalue weighted by atomic mass is 16.5. The van der Waals surface area contributed by atoms with Crippen LogP contribution >= 0.6 is 0 Å². The molecule has 0 aliphatic carbocycles. The van der Waals surface area contributed by atoms with Crippen LogP contribution in [0, 0.1) is 0 Å². The van der Waals surface area contributed by atoms with Crippen LogP contribution in [0.5, 0.6) is 11.5 Å². The summed E-state index contributed by atoms with van der Waals surface area (Å²) in [6.07, 6.45) is 1.92. The summed E-state index contributed by atoms with van der Waals surface area (Å²) in [7, 11) is 3.30. The molecule has 4 heteroatoms. The first-order chi connectivity index (χ1) is 11.2. The van der Waals surface area contributed by atoms with Gasteiger partial charge in [0.05, 0.1) is 20.3 Å². The van der Waals surface area contributed by atoms with Crippen molar-refractivity contribution in [1.29, 1.82) is 0 Å². The molecule has 0 spiro atoms. The van der Waals surface area contributed by atoms with Gasteiger partial charge in [-0.3, -0.25) is 4.79 Å². The summed E-state index contributed by atoms with van der Waals surface area (Å²) in [6.45, 7) is 0.763. The van der Waals surface area contributed by atoms with Crippen molar-refractivity contribution >= 4 is 5.91 Å². The number of methoxy groups -OCH3 is 2. The highest BCUT2D eigenvalue weighted by molar-refractivity contribution is 5.94. The number of benzene rings is 2. The summed E-state index contributed by atoms with van der Waals surface area (Å²) in [5, 5.41) is 0. The Bertz CT molecular complexity index is 684. The zero-order valence-corrected chi connectivity index (χ0v) is 13.5. The molecule has 4 nitrogen and oxygen atoms in total. The monoisotopic (exact) mass is 311 g/mol. The minimum absolute atomic E-state index is 0.0211. The Morgan fingerprint density at radius 3 is 2.57 bits per heavy atom. The standard InChI is InChI=1S/C19H21NO3/c1-22-15-10-11-18(23-2)16(13-15)17-9-6-12-20(17)19(21)14-7-4-3-5-8-14/h3-5,7-8,10-11,13,17H,6,9,12H2,1-2H3/t17-/m0/s1. The van der Waals surface area contributed by atoms with E-state index in [0.717, 1.165) is 42.0 Å².